The average Bonchev–Trinajstić information content (AvgIpc) is 2.80. The Hall–Kier alpha value is -3.64. The van der Waals surface area contributed by atoms with E-state index in [1.165, 1.54) is 16.4 Å². The second kappa shape index (κ2) is 8.85. The minimum atomic E-state index is -3.94. The van der Waals surface area contributed by atoms with Gasteiger partial charge >= 0.3 is 0 Å². The van der Waals surface area contributed by atoms with Gasteiger partial charge in [-0.15, -0.1) is 0 Å². The molecule has 0 unspecified atom stereocenters. The number of aryl methyl sites for hydroxylation is 1. The molecule has 0 aliphatic rings. The summed E-state index contributed by atoms with van der Waals surface area (Å²) in [6.45, 7) is 3.44. The van der Waals surface area contributed by atoms with Crippen LogP contribution in [0.5, 0.6) is 0 Å². The highest BCUT2D eigenvalue weighted by Crippen LogP contribution is 2.28. The molecule has 32 heavy (non-hydrogen) atoms. The maximum absolute atomic E-state index is 13.5. The Labute approximate surface area is 188 Å². The van der Waals surface area contributed by atoms with E-state index in [1.807, 2.05) is 62.4 Å². The summed E-state index contributed by atoms with van der Waals surface area (Å²) in [5, 5.41) is 4.90. The summed E-state index contributed by atoms with van der Waals surface area (Å²) in [6.07, 6.45) is 0. The molecule has 0 aromatic heterocycles. The number of anilines is 2. The van der Waals surface area contributed by atoms with Crippen LogP contribution in [0.15, 0.2) is 95.9 Å². The normalized spacial score (nSPS) is 11.3. The van der Waals surface area contributed by atoms with Gasteiger partial charge in [0, 0.05) is 5.69 Å². The van der Waals surface area contributed by atoms with Gasteiger partial charge in [-0.25, -0.2) is 8.42 Å². The lowest BCUT2D eigenvalue weighted by atomic mass is 10.1. The number of nitrogens with zero attached hydrogens (tertiary/aromatic N) is 1. The molecule has 1 amide bonds. The fourth-order valence-corrected chi connectivity index (χ4v) is 5.12. The molecule has 0 radical (unpaired) electrons. The number of amides is 1. The molecule has 0 aliphatic heterocycles. The summed E-state index contributed by atoms with van der Waals surface area (Å²) in [6, 6.07) is 27.1. The van der Waals surface area contributed by atoms with Crippen molar-refractivity contribution < 1.29 is 13.2 Å². The first-order valence-electron chi connectivity index (χ1n) is 10.3. The molecule has 0 fully saturated rings. The molecule has 162 valence electrons. The van der Waals surface area contributed by atoms with Crippen LogP contribution in [0.3, 0.4) is 0 Å². The summed E-state index contributed by atoms with van der Waals surface area (Å²) in [5.41, 5.74) is 2.87. The standard InChI is InChI=1S/C26H24N2O3S/c1-19-9-8-14-25(20(19)2)28(32(30,31)24-12-4-3-5-13-24)18-26(29)27-23-16-15-21-10-6-7-11-22(21)17-23/h3-17H,18H2,1-2H3,(H,27,29). The van der Waals surface area contributed by atoms with Crippen LogP contribution in [-0.4, -0.2) is 20.9 Å². The van der Waals surface area contributed by atoms with Crippen LogP contribution in [0.4, 0.5) is 11.4 Å². The van der Waals surface area contributed by atoms with E-state index in [4.69, 9.17) is 0 Å². The Balaban J connectivity index is 1.68. The summed E-state index contributed by atoms with van der Waals surface area (Å²) in [7, 11) is -3.94. The lowest BCUT2D eigenvalue weighted by Gasteiger charge is -2.26. The highest BCUT2D eigenvalue weighted by molar-refractivity contribution is 7.92. The van der Waals surface area contributed by atoms with Crippen LogP contribution in [-0.2, 0) is 14.8 Å². The minimum Gasteiger partial charge on any atom is -0.324 e. The molecule has 0 aliphatic carbocycles. The van der Waals surface area contributed by atoms with Gasteiger partial charge in [0.1, 0.15) is 6.54 Å². The maximum Gasteiger partial charge on any atom is 0.264 e. The molecular weight excluding hydrogens is 420 g/mol. The zero-order valence-electron chi connectivity index (χ0n) is 17.9. The Kier molecular flexibility index (Phi) is 5.97. The second-order valence-corrected chi connectivity index (χ2v) is 9.52. The number of hydrogen-bond donors (Lipinski definition) is 1. The second-order valence-electron chi connectivity index (χ2n) is 7.65. The third-order valence-electron chi connectivity index (χ3n) is 5.50. The van der Waals surface area contributed by atoms with Crippen molar-refractivity contribution in [1.82, 2.24) is 0 Å². The Morgan fingerprint density at radius 2 is 1.50 bits per heavy atom. The van der Waals surface area contributed by atoms with Crippen LogP contribution < -0.4 is 9.62 Å². The van der Waals surface area contributed by atoms with Crippen molar-refractivity contribution in [3.8, 4) is 0 Å². The average molecular weight is 445 g/mol. The largest absolute Gasteiger partial charge is 0.324 e. The van der Waals surface area contributed by atoms with Crippen LogP contribution in [0.25, 0.3) is 10.8 Å². The SMILES string of the molecule is Cc1cccc(N(CC(=O)Nc2ccc3ccccc3c2)S(=O)(=O)c2ccccc2)c1C. The molecule has 5 nitrogen and oxygen atoms in total. The van der Waals surface area contributed by atoms with Gasteiger partial charge in [0.25, 0.3) is 10.0 Å². The summed E-state index contributed by atoms with van der Waals surface area (Å²) < 4.78 is 28.2. The van der Waals surface area contributed by atoms with Gasteiger partial charge in [-0.3, -0.25) is 9.10 Å². The Bertz CT molecular complexity index is 1380. The van der Waals surface area contributed by atoms with Gasteiger partial charge in [0.15, 0.2) is 0 Å². The van der Waals surface area contributed by atoms with E-state index in [9.17, 15) is 13.2 Å². The first kappa shape index (κ1) is 21.6. The number of sulfonamides is 1. The number of hydrogen-bond acceptors (Lipinski definition) is 3. The number of rotatable bonds is 6. The van der Waals surface area contributed by atoms with Crippen molar-refractivity contribution >= 4 is 38.1 Å². The first-order chi connectivity index (χ1) is 15.4. The van der Waals surface area contributed by atoms with Gasteiger partial charge in [0.05, 0.1) is 10.6 Å². The molecule has 0 heterocycles. The molecule has 0 bridgehead atoms. The van der Waals surface area contributed by atoms with Crippen molar-refractivity contribution in [2.75, 3.05) is 16.2 Å². The number of carbonyl (C=O) groups is 1. The zero-order chi connectivity index (χ0) is 22.7. The third kappa shape index (κ3) is 4.36. The van der Waals surface area contributed by atoms with Gasteiger partial charge in [-0.2, -0.15) is 0 Å². The molecule has 4 aromatic carbocycles. The topological polar surface area (TPSA) is 66.5 Å². The van der Waals surface area contributed by atoms with Crippen LogP contribution in [0.2, 0.25) is 0 Å². The Morgan fingerprint density at radius 1 is 0.812 bits per heavy atom. The number of fused-ring (bicyclic) bond motifs is 1. The minimum absolute atomic E-state index is 0.138. The quantitative estimate of drug-likeness (QED) is 0.439. The van der Waals surface area contributed by atoms with E-state index in [-0.39, 0.29) is 11.4 Å². The van der Waals surface area contributed by atoms with Gasteiger partial charge in [-0.05, 0) is 66.1 Å². The fraction of sp³-hybridized carbons (Fsp3) is 0.115. The lowest BCUT2D eigenvalue weighted by Crippen LogP contribution is -2.38. The fourth-order valence-electron chi connectivity index (χ4n) is 3.62. The highest BCUT2D eigenvalue weighted by Gasteiger charge is 2.28. The summed E-state index contributed by atoms with van der Waals surface area (Å²) >= 11 is 0. The Morgan fingerprint density at radius 3 is 2.25 bits per heavy atom. The maximum atomic E-state index is 13.5. The predicted molar refractivity (Wildman–Crippen MR) is 129 cm³/mol. The lowest BCUT2D eigenvalue weighted by molar-refractivity contribution is -0.114. The predicted octanol–water partition coefficient (Wildman–Crippen LogP) is 5.29. The van der Waals surface area contributed by atoms with Gasteiger partial charge in [0.2, 0.25) is 5.91 Å². The van der Waals surface area contributed by atoms with Crippen LogP contribution >= 0.6 is 0 Å². The molecule has 4 rings (SSSR count). The van der Waals surface area contributed by atoms with Crippen LogP contribution in [0, 0.1) is 13.8 Å². The van der Waals surface area contributed by atoms with Crippen molar-refractivity contribution in [1.29, 1.82) is 0 Å². The highest BCUT2D eigenvalue weighted by atomic mass is 32.2. The molecule has 0 spiro atoms. The van der Waals surface area contributed by atoms with Crippen molar-refractivity contribution in [3.05, 3.63) is 102 Å². The molecular formula is C26H24N2O3S. The molecule has 6 heteroatoms. The zero-order valence-corrected chi connectivity index (χ0v) is 18.8. The molecule has 0 atom stereocenters. The molecule has 1 N–H and O–H groups in total. The van der Waals surface area contributed by atoms with Crippen molar-refractivity contribution in [2.45, 2.75) is 18.7 Å². The van der Waals surface area contributed by atoms with Gasteiger partial charge in [-0.1, -0.05) is 60.7 Å². The molecule has 0 saturated heterocycles. The van der Waals surface area contributed by atoms with E-state index in [0.717, 1.165) is 21.9 Å². The van der Waals surface area contributed by atoms with E-state index in [2.05, 4.69) is 5.32 Å². The monoisotopic (exact) mass is 444 g/mol. The first-order valence-corrected chi connectivity index (χ1v) is 11.7. The number of nitrogens with one attached hydrogen (secondary N) is 1. The third-order valence-corrected chi connectivity index (χ3v) is 7.27. The van der Waals surface area contributed by atoms with E-state index in [1.54, 1.807) is 30.3 Å². The number of carbonyl (C=O) groups excluding carboxylic acids is 1. The van der Waals surface area contributed by atoms with Crippen molar-refractivity contribution in [2.24, 2.45) is 0 Å². The van der Waals surface area contributed by atoms with E-state index < -0.39 is 15.9 Å². The summed E-state index contributed by atoms with van der Waals surface area (Å²) in [4.78, 5) is 13.1. The van der Waals surface area contributed by atoms with Gasteiger partial charge < -0.3 is 5.32 Å². The summed E-state index contributed by atoms with van der Waals surface area (Å²) in [5.74, 6) is -0.416. The molecule has 4 aromatic rings. The van der Waals surface area contributed by atoms with Crippen molar-refractivity contribution in [3.63, 3.8) is 0 Å². The molecule has 0 saturated carbocycles. The smallest absolute Gasteiger partial charge is 0.264 e. The van der Waals surface area contributed by atoms with E-state index in [0.29, 0.717) is 11.4 Å². The number of benzene rings is 4. The van der Waals surface area contributed by atoms with E-state index >= 15 is 0 Å². The van der Waals surface area contributed by atoms with Crippen LogP contribution in [0.1, 0.15) is 11.1 Å².